The van der Waals surface area contributed by atoms with Crippen LogP contribution < -0.4 is 0 Å². The van der Waals surface area contributed by atoms with Crippen molar-refractivity contribution >= 4 is 27.4 Å². The van der Waals surface area contributed by atoms with E-state index in [1.54, 1.807) is 21.6 Å². The fraction of sp³-hybridized carbons (Fsp3) is 0.571. The molecular formula is C7H10OS2. The summed E-state index contributed by atoms with van der Waals surface area (Å²) < 4.78 is 0. The molecule has 1 fully saturated rings. The standard InChI is InChI=1S/C7H10OS2/c1-2-6(8)7-4-3-5-9-10-7/h2,7H,1,3-5H2. The van der Waals surface area contributed by atoms with Crippen LogP contribution in [0.15, 0.2) is 12.7 Å². The Balaban J connectivity index is 2.38. The van der Waals surface area contributed by atoms with Crippen LogP contribution in [0.1, 0.15) is 12.8 Å². The first-order chi connectivity index (χ1) is 4.84. The van der Waals surface area contributed by atoms with Gasteiger partial charge in [-0.3, -0.25) is 4.79 Å². The highest BCUT2D eigenvalue weighted by Gasteiger charge is 2.19. The zero-order valence-corrected chi connectivity index (χ0v) is 7.34. The van der Waals surface area contributed by atoms with Crippen molar-refractivity contribution in [3.63, 3.8) is 0 Å². The molecular weight excluding hydrogens is 164 g/mol. The first kappa shape index (κ1) is 8.21. The highest BCUT2D eigenvalue weighted by molar-refractivity contribution is 8.77. The number of hydrogen-bond donors (Lipinski definition) is 0. The average molecular weight is 174 g/mol. The molecule has 1 nitrogen and oxygen atoms in total. The monoisotopic (exact) mass is 174 g/mol. The molecule has 1 atom stereocenters. The Morgan fingerprint density at radius 2 is 2.50 bits per heavy atom. The third-order valence-corrected chi connectivity index (χ3v) is 4.29. The molecule has 3 heteroatoms. The number of carbonyl (C=O) groups excluding carboxylic acids is 1. The van der Waals surface area contributed by atoms with E-state index in [4.69, 9.17) is 0 Å². The summed E-state index contributed by atoms with van der Waals surface area (Å²) in [5.74, 6) is 1.38. The van der Waals surface area contributed by atoms with Gasteiger partial charge in [-0.2, -0.15) is 0 Å². The van der Waals surface area contributed by atoms with E-state index in [1.807, 2.05) is 0 Å². The summed E-state index contributed by atoms with van der Waals surface area (Å²) in [5, 5.41) is 0.191. The van der Waals surface area contributed by atoms with Gasteiger partial charge in [-0.25, -0.2) is 0 Å². The van der Waals surface area contributed by atoms with Crippen LogP contribution in [0.25, 0.3) is 0 Å². The molecule has 1 unspecified atom stereocenters. The van der Waals surface area contributed by atoms with Crippen molar-refractivity contribution in [1.29, 1.82) is 0 Å². The second kappa shape index (κ2) is 4.09. The summed E-state index contributed by atoms with van der Waals surface area (Å²) in [6.07, 6.45) is 3.63. The smallest absolute Gasteiger partial charge is 0.168 e. The van der Waals surface area contributed by atoms with Crippen LogP contribution >= 0.6 is 21.6 Å². The second-order valence-corrected chi connectivity index (χ2v) is 4.85. The summed E-state index contributed by atoms with van der Waals surface area (Å²) >= 11 is 0. The molecule has 10 heavy (non-hydrogen) atoms. The van der Waals surface area contributed by atoms with Gasteiger partial charge >= 0.3 is 0 Å². The molecule has 1 aliphatic rings. The molecule has 1 rings (SSSR count). The lowest BCUT2D eigenvalue weighted by Crippen LogP contribution is -2.16. The largest absolute Gasteiger partial charge is 0.294 e. The summed E-state index contributed by atoms with van der Waals surface area (Å²) in [6, 6.07) is 0. The minimum Gasteiger partial charge on any atom is -0.294 e. The number of carbonyl (C=O) groups is 1. The van der Waals surface area contributed by atoms with Gasteiger partial charge in [0, 0.05) is 5.75 Å². The maximum Gasteiger partial charge on any atom is 0.168 e. The van der Waals surface area contributed by atoms with Crippen molar-refractivity contribution in [2.75, 3.05) is 5.75 Å². The molecule has 0 amide bonds. The van der Waals surface area contributed by atoms with Crippen LogP contribution in [0.5, 0.6) is 0 Å². The van der Waals surface area contributed by atoms with Gasteiger partial charge in [-0.1, -0.05) is 28.2 Å². The fourth-order valence-electron chi connectivity index (χ4n) is 0.827. The Bertz CT molecular complexity index is 139. The van der Waals surface area contributed by atoms with Crippen LogP contribution in [-0.4, -0.2) is 16.8 Å². The lowest BCUT2D eigenvalue weighted by atomic mass is 10.2. The van der Waals surface area contributed by atoms with Crippen molar-refractivity contribution < 1.29 is 4.79 Å². The molecule has 0 aliphatic carbocycles. The molecule has 0 spiro atoms. The van der Waals surface area contributed by atoms with Gasteiger partial charge in [0.15, 0.2) is 5.78 Å². The van der Waals surface area contributed by atoms with Gasteiger partial charge in [-0.05, 0) is 18.9 Å². The molecule has 0 saturated carbocycles. The summed E-state index contributed by atoms with van der Waals surface area (Å²) in [5.41, 5.74) is 0. The van der Waals surface area contributed by atoms with Crippen LogP contribution in [0, 0.1) is 0 Å². The van der Waals surface area contributed by atoms with Crippen LogP contribution in [0.3, 0.4) is 0 Å². The van der Waals surface area contributed by atoms with Crippen LogP contribution in [-0.2, 0) is 4.79 Å². The topological polar surface area (TPSA) is 17.1 Å². The lowest BCUT2D eigenvalue weighted by molar-refractivity contribution is -0.114. The van der Waals surface area contributed by atoms with Gasteiger partial charge in [-0.15, -0.1) is 0 Å². The fourth-order valence-corrected chi connectivity index (χ4v) is 3.53. The van der Waals surface area contributed by atoms with Gasteiger partial charge in [0.1, 0.15) is 0 Å². The van der Waals surface area contributed by atoms with Gasteiger partial charge < -0.3 is 0 Å². The number of ketones is 1. The molecule has 1 saturated heterocycles. The van der Waals surface area contributed by atoms with Crippen molar-refractivity contribution in [3.05, 3.63) is 12.7 Å². The SMILES string of the molecule is C=CC(=O)C1CCCSS1. The number of allylic oxidation sites excluding steroid dienone is 1. The summed E-state index contributed by atoms with van der Waals surface area (Å²) in [7, 11) is 3.49. The van der Waals surface area contributed by atoms with E-state index in [0.717, 1.165) is 6.42 Å². The van der Waals surface area contributed by atoms with E-state index >= 15 is 0 Å². The third kappa shape index (κ3) is 2.06. The third-order valence-electron chi connectivity index (χ3n) is 1.40. The highest BCUT2D eigenvalue weighted by atomic mass is 33.1. The number of hydrogen-bond acceptors (Lipinski definition) is 3. The maximum absolute atomic E-state index is 11.0. The Morgan fingerprint density at radius 3 is 3.00 bits per heavy atom. The molecule has 0 radical (unpaired) electrons. The normalized spacial score (nSPS) is 25.8. The summed E-state index contributed by atoms with van der Waals surface area (Å²) in [6.45, 7) is 3.46. The first-order valence-electron chi connectivity index (χ1n) is 3.29. The minimum atomic E-state index is 0.191. The van der Waals surface area contributed by atoms with Gasteiger partial charge in [0.2, 0.25) is 0 Å². The molecule has 1 aliphatic heterocycles. The summed E-state index contributed by atoms with van der Waals surface area (Å²) in [4.78, 5) is 11.0. The van der Waals surface area contributed by atoms with Crippen LogP contribution in [0.4, 0.5) is 0 Å². The quantitative estimate of drug-likeness (QED) is 0.472. The molecule has 1 heterocycles. The van der Waals surface area contributed by atoms with Gasteiger partial charge in [0.05, 0.1) is 5.25 Å². The van der Waals surface area contributed by atoms with Crippen molar-refractivity contribution in [2.24, 2.45) is 0 Å². The number of rotatable bonds is 2. The van der Waals surface area contributed by atoms with E-state index in [-0.39, 0.29) is 11.0 Å². The molecule has 0 bridgehead atoms. The van der Waals surface area contributed by atoms with Crippen molar-refractivity contribution in [3.8, 4) is 0 Å². The van der Waals surface area contributed by atoms with E-state index < -0.39 is 0 Å². The van der Waals surface area contributed by atoms with Crippen molar-refractivity contribution in [2.45, 2.75) is 18.1 Å². The second-order valence-electron chi connectivity index (χ2n) is 2.16. The Hall–Kier alpha value is 0.110. The first-order valence-corrected chi connectivity index (χ1v) is 5.67. The predicted molar refractivity (Wildman–Crippen MR) is 48.3 cm³/mol. The van der Waals surface area contributed by atoms with E-state index in [1.165, 1.54) is 18.2 Å². The maximum atomic E-state index is 11.0. The van der Waals surface area contributed by atoms with E-state index in [0.29, 0.717) is 0 Å². The Labute approximate surface area is 69.0 Å². The van der Waals surface area contributed by atoms with Crippen molar-refractivity contribution in [1.82, 2.24) is 0 Å². The van der Waals surface area contributed by atoms with E-state index in [9.17, 15) is 4.79 Å². The Kier molecular flexibility index (Phi) is 3.35. The highest BCUT2D eigenvalue weighted by Crippen LogP contribution is 2.35. The van der Waals surface area contributed by atoms with Crippen LogP contribution in [0.2, 0.25) is 0 Å². The predicted octanol–water partition coefficient (Wildman–Crippen LogP) is 2.29. The Morgan fingerprint density at radius 1 is 1.70 bits per heavy atom. The minimum absolute atomic E-state index is 0.191. The van der Waals surface area contributed by atoms with E-state index in [2.05, 4.69) is 6.58 Å². The average Bonchev–Trinajstić information content (AvgIpc) is 2.05. The lowest BCUT2D eigenvalue weighted by Gasteiger charge is -2.16. The molecule has 0 aromatic heterocycles. The molecule has 56 valence electrons. The zero-order chi connectivity index (χ0) is 7.40. The van der Waals surface area contributed by atoms with Gasteiger partial charge in [0.25, 0.3) is 0 Å². The molecule has 0 aromatic rings. The molecule has 0 N–H and O–H groups in total. The molecule has 0 aromatic carbocycles. The zero-order valence-electron chi connectivity index (χ0n) is 5.71.